The Bertz CT molecular complexity index is 355. The van der Waals surface area contributed by atoms with Crippen LogP contribution in [0.4, 0.5) is 5.69 Å². The summed E-state index contributed by atoms with van der Waals surface area (Å²) in [6.07, 6.45) is 0. The van der Waals surface area contributed by atoms with E-state index in [1.165, 1.54) is 37.4 Å². The number of anilines is 1. The van der Waals surface area contributed by atoms with Gasteiger partial charge in [0.1, 0.15) is 0 Å². The van der Waals surface area contributed by atoms with Crippen LogP contribution in [-0.4, -0.2) is 26.2 Å². The predicted octanol–water partition coefficient (Wildman–Crippen LogP) is -2.37. The highest BCUT2D eigenvalue weighted by molar-refractivity contribution is 5.53. The number of benzene rings is 1. The smallest absolute Gasteiger partial charge is 0.0806 e. The predicted molar refractivity (Wildman–Crippen MR) is 62.0 cm³/mol. The third kappa shape index (κ3) is 1.92. The molecule has 1 aromatic rings. The summed E-state index contributed by atoms with van der Waals surface area (Å²) in [7, 11) is 0. The SMILES string of the molecule is Cc1ccccc1N1CC2C[NH2+]CC2C1.[Cl-]. The van der Waals surface area contributed by atoms with Crippen LogP contribution in [0.15, 0.2) is 24.3 Å². The normalized spacial score (nSPS) is 27.7. The average Bonchev–Trinajstić information content (AvgIpc) is 2.77. The summed E-state index contributed by atoms with van der Waals surface area (Å²) in [4.78, 5) is 2.58. The van der Waals surface area contributed by atoms with Gasteiger partial charge in [-0.3, -0.25) is 0 Å². The van der Waals surface area contributed by atoms with Crippen LogP contribution in [0.5, 0.6) is 0 Å². The maximum atomic E-state index is 2.58. The lowest BCUT2D eigenvalue weighted by Crippen LogP contribution is -3.00. The van der Waals surface area contributed by atoms with Crippen LogP contribution in [0, 0.1) is 18.8 Å². The number of aryl methyl sites for hydroxylation is 1. The van der Waals surface area contributed by atoms with Gasteiger partial charge >= 0.3 is 0 Å². The standard InChI is InChI=1S/C13H18N2.ClH/c1-10-4-2-3-5-13(10)15-8-11-6-14-7-12(11)9-15;/h2-5,11-12,14H,6-9H2,1H3;1H. The van der Waals surface area contributed by atoms with E-state index in [-0.39, 0.29) is 12.4 Å². The first kappa shape index (κ1) is 11.7. The van der Waals surface area contributed by atoms with E-state index in [4.69, 9.17) is 0 Å². The van der Waals surface area contributed by atoms with Crippen molar-refractivity contribution in [2.24, 2.45) is 11.8 Å². The molecule has 1 aromatic carbocycles. The van der Waals surface area contributed by atoms with E-state index in [0.717, 1.165) is 11.8 Å². The fourth-order valence-corrected chi connectivity index (χ4v) is 3.11. The van der Waals surface area contributed by atoms with Gasteiger partial charge in [-0.15, -0.1) is 0 Å². The van der Waals surface area contributed by atoms with Crippen LogP contribution in [0.25, 0.3) is 0 Å². The first-order chi connectivity index (χ1) is 7.34. The van der Waals surface area contributed by atoms with Crippen molar-refractivity contribution in [2.75, 3.05) is 31.1 Å². The number of quaternary nitrogens is 1. The molecule has 2 aliphatic heterocycles. The quantitative estimate of drug-likeness (QED) is 0.580. The number of nitrogens with two attached hydrogens (primary N) is 1. The van der Waals surface area contributed by atoms with E-state index in [0.29, 0.717) is 0 Å². The van der Waals surface area contributed by atoms with E-state index in [2.05, 4.69) is 41.4 Å². The number of halogens is 1. The fraction of sp³-hybridized carbons (Fsp3) is 0.538. The van der Waals surface area contributed by atoms with Crippen molar-refractivity contribution in [3.05, 3.63) is 29.8 Å². The Morgan fingerprint density at radius 1 is 1.12 bits per heavy atom. The molecule has 2 heterocycles. The highest BCUT2D eigenvalue weighted by atomic mass is 35.5. The minimum atomic E-state index is 0. The third-order valence-corrected chi connectivity index (χ3v) is 3.97. The molecule has 0 spiro atoms. The van der Waals surface area contributed by atoms with Crippen LogP contribution in [0.3, 0.4) is 0 Å². The van der Waals surface area contributed by atoms with Gasteiger partial charge in [0, 0.05) is 30.6 Å². The van der Waals surface area contributed by atoms with Gasteiger partial charge in [0.2, 0.25) is 0 Å². The van der Waals surface area contributed by atoms with Crippen molar-refractivity contribution in [1.29, 1.82) is 0 Å². The number of nitrogens with zero attached hydrogens (tertiary/aromatic N) is 1. The van der Waals surface area contributed by atoms with E-state index < -0.39 is 0 Å². The summed E-state index contributed by atoms with van der Waals surface area (Å²) in [5.41, 5.74) is 2.87. The maximum Gasteiger partial charge on any atom is 0.0806 e. The Labute approximate surface area is 103 Å². The first-order valence-electron chi connectivity index (χ1n) is 5.97. The number of para-hydroxylation sites is 1. The number of rotatable bonds is 1. The Morgan fingerprint density at radius 2 is 1.75 bits per heavy atom. The number of hydrogen-bond acceptors (Lipinski definition) is 1. The number of hydrogen-bond donors (Lipinski definition) is 1. The molecule has 2 N–H and O–H groups in total. The second kappa shape index (κ2) is 4.64. The lowest BCUT2D eigenvalue weighted by Gasteiger charge is -2.21. The topological polar surface area (TPSA) is 19.9 Å². The Morgan fingerprint density at radius 3 is 2.38 bits per heavy atom. The molecule has 2 fully saturated rings. The summed E-state index contributed by atoms with van der Waals surface area (Å²) in [6.45, 7) is 7.44. The zero-order chi connectivity index (χ0) is 10.3. The molecular weight excluding hydrogens is 220 g/mol. The molecule has 0 saturated carbocycles. The van der Waals surface area contributed by atoms with E-state index in [1.807, 2.05) is 0 Å². The van der Waals surface area contributed by atoms with E-state index in [9.17, 15) is 0 Å². The van der Waals surface area contributed by atoms with E-state index in [1.54, 1.807) is 0 Å². The van der Waals surface area contributed by atoms with E-state index >= 15 is 0 Å². The Balaban J connectivity index is 0.000000963. The van der Waals surface area contributed by atoms with Gasteiger partial charge in [0.05, 0.1) is 13.1 Å². The molecule has 16 heavy (non-hydrogen) atoms. The zero-order valence-corrected chi connectivity index (χ0v) is 10.5. The minimum Gasteiger partial charge on any atom is -1.00 e. The van der Waals surface area contributed by atoms with Gasteiger partial charge in [0.25, 0.3) is 0 Å². The molecule has 2 unspecified atom stereocenters. The summed E-state index contributed by atoms with van der Waals surface area (Å²) in [5.74, 6) is 1.87. The highest BCUT2D eigenvalue weighted by Crippen LogP contribution is 2.30. The van der Waals surface area contributed by atoms with Crippen molar-refractivity contribution >= 4 is 5.69 Å². The molecule has 2 saturated heterocycles. The van der Waals surface area contributed by atoms with Crippen molar-refractivity contribution < 1.29 is 17.7 Å². The van der Waals surface area contributed by atoms with Crippen LogP contribution in [-0.2, 0) is 0 Å². The van der Waals surface area contributed by atoms with Crippen molar-refractivity contribution in [1.82, 2.24) is 0 Å². The first-order valence-corrected chi connectivity index (χ1v) is 5.97. The van der Waals surface area contributed by atoms with Crippen molar-refractivity contribution in [3.63, 3.8) is 0 Å². The summed E-state index contributed by atoms with van der Waals surface area (Å²) < 4.78 is 0. The largest absolute Gasteiger partial charge is 1.00 e. The monoisotopic (exact) mass is 238 g/mol. The van der Waals surface area contributed by atoms with Gasteiger partial charge in [-0.05, 0) is 18.6 Å². The molecule has 0 aromatic heterocycles. The van der Waals surface area contributed by atoms with Crippen molar-refractivity contribution in [2.45, 2.75) is 6.92 Å². The minimum absolute atomic E-state index is 0. The van der Waals surface area contributed by atoms with Crippen molar-refractivity contribution in [3.8, 4) is 0 Å². The lowest BCUT2D eigenvalue weighted by molar-refractivity contribution is -0.640. The van der Waals surface area contributed by atoms with Crippen LogP contribution < -0.4 is 22.6 Å². The molecule has 3 heteroatoms. The Hall–Kier alpha value is -0.730. The van der Waals surface area contributed by atoms with Gasteiger partial charge in [-0.25, -0.2) is 0 Å². The molecule has 0 radical (unpaired) electrons. The molecule has 0 aliphatic carbocycles. The molecule has 0 bridgehead atoms. The fourth-order valence-electron chi connectivity index (χ4n) is 3.11. The summed E-state index contributed by atoms with van der Waals surface area (Å²) in [6, 6.07) is 8.77. The van der Waals surface area contributed by atoms with Gasteiger partial charge < -0.3 is 22.6 Å². The second-order valence-corrected chi connectivity index (χ2v) is 4.97. The van der Waals surface area contributed by atoms with Gasteiger partial charge in [-0.2, -0.15) is 0 Å². The van der Waals surface area contributed by atoms with Crippen LogP contribution in [0.1, 0.15) is 5.56 Å². The lowest BCUT2D eigenvalue weighted by atomic mass is 10.0. The van der Waals surface area contributed by atoms with Crippen LogP contribution in [0.2, 0.25) is 0 Å². The average molecular weight is 239 g/mol. The molecular formula is C13H19ClN2. The molecule has 2 nitrogen and oxygen atoms in total. The third-order valence-electron chi connectivity index (χ3n) is 3.97. The van der Waals surface area contributed by atoms with Gasteiger partial charge in [-0.1, -0.05) is 18.2 Å². The Kier molecular flexibility index (Phi) is 3.41. The molecule has 3 rings (SSSR count). The summed E-state index contributed by atoms with van der Waals surface area (Å²) in [5, 5.41) is 2.48. The molecule has 0 amide bonds. The molecule has 88 valence electrons. The second-order valence-electron chi connectivity index (χ2n) is 4.97. The zero-order valence-electron chi connectivity index (χ0n) is 9.70. The molecule has 2 atom stereocenters. The highest BCUT2D eigenvalue weighted by Gasteiger charge is 2.39. The number of fused-ring (bicyclic) bond motifs is 1. The maximum absolute atomic E-state index is 2.58. The summed E-state index contributed by atoms with van der Waals surface area (Å²) >= 11 is 0. The van der Waals surface area contributed by atoms with Crippen LogP contribution >= 0.6 is 0 Å². The molecule has 2 aliphatic rings. The van der Waals surface area contributed by atoms with Gasteiger partial charge in [0.15, 0.2) is 0 Å².